The van der Waals surface area contributed by atoms with E-state index in [1.165, 1.54) is 0 Å². The van der Waals surface area contributed by atoms with E-state index >= 15 is 0 Å². The van der Waals surface area contributed by atoms with E-state index in [4.69, 9.17) is 4.74 Å². The van der Waals surface area contributed by atoms with Gasteiger partial charge in [0.05, 0.1) is 5.70 Å². The van der Waals surface area contributed by atoms with Crippen LogP contribution in [-0.4, -0.2) is 6.23 Å². The van der Waals surface area contributed by atoms with Gasteiger partial charge in [0.25, 0.3) is 0 Å². The third-order valence-electron chi connectivity index (χ3n) is 1.77. The molecule has 2 heteroatoms. The van der Waals surface area contributed by atoms with Crippen LogP contribution < -0.4 is 5.32 Å². The first-order chi connectivity index (χ1) is 5.86. The van der Waals surface area contributed by atoms with Crippen molar-refractivity contribution >= 4 is 0 Å². The van der Waals surface area contributed by atoms with Crippen LogP contribution in [0.15, 0.2) is 47.9 Å². The zero-order valence-corrected chi connectivity index (χ0v) is 6.95. The Morgan fingerprint density at radius 3 is 2.75 bits per heavy atom. The molecule has 1 unspecified atom stereocenters. The zero-order valence-electron chi connectivity index (χ0n) is 6.95. The third-order valence-corrected chi connectivity index (χ3v) is 1.77. The average molecular weight is 161 g/mol. The number of nitrogens with one attached hydrogen (secondary N) is 1. The van der Waals surface area contributed by atoms with Gasteiger partial charge in [-0.05, 0) is 19.1 Å². The van der Waals surface area contributed by atoms with Crippen molar-refractivity contribution < 1.29 is 4.74 Å². The minimum Gasteiger partial charge on any atom is -0.469 e. The maximum Gasteiger partial charge on any atom is 0.167 e. The van der Waals surface area contributed by atoms with Gasteiger partial charge in [-0.3, -0.25) is 0 Å². The van der Waals surface area contributed by atoms with Gasteiger partial charge in [-0.25, -0.2) is 0 Å². The SMILES string of the molecule is CC1NC2=C/C=C\C=C/C=C2O1. The number of ether oxygens (including phenoxy) is 1. The van der Waals surface area contributed by atoms with Gasteiger partial charge in [-0.15, -0.1) is 0 Å². The summed E-state index contributed by atoms with van der Waals surface area (Å²) < 4.78 is 5.50. The first kappa shape index (κ1) is 7.22. The molecule has 2 rings (SSSR count). The Balaban J connectivity index is 2.33. The lowest BCUT2D eigenvalue weighted by atomic mass is 10.2. The Hall–Kier alpha value is -1.44. The molecule has 1 heterocycles. The average Bonchev–Trinajstić information content (AvgIpc) is 2.32. The highest BCUT2D eigenvalue weighted by Gasteiger charge is 2.19. The molecule has 0 aromatic carbocycles. The van der Waals surface area contributed by atoms with Crippen molar-refractivity contribution in [3.8, 4) is 0 Å². The molecule has 0 bridgehead atoms. The molecular weight excluding hydrogens is 150 g/mol. The summed E-state index contributed by atoms with van der Waals surface area (Å²) in [5.74, 6) is 0.920. The van der Waals surface area contributed by atoms with Crippen LogP contribution in [0, 0.1) is 0 Å². The Morgan fingerprint density at radius 1 is 1.17 bits per heavy atom. The fraction of sp³-hybridized carbons (Fsp3) is 0.200. The summed E-state index contributed by atoms with van der Waals surface area (Å²) in [6.45, 7) is 1.99. The molecule has 1 atom stereocenters. The highest BCUT2D eigenvalue weighted by Crippen LogP contribution is 2.20. The highest BCUT2D eigenvalue weighted by molar-refractivity contribution is 5.36. The lowest BCUT2D eigenvalue weighted by Crippen LogP contribution is -2.16. The van der Waals surface area contributed by atoms with E-state index in [-0.39, 0.29) is 6.23 Å². The maximum absolute atomic E-state index is 5.50. The minimum absolute atomic E-state index is 0.0856. The molecule has 1 aliphatic carbocycles. The van der Waals surface area contributed by atoms with Crippen LogP contribution in [0.5, 0.6) is 0 Å². The van der Waals surface area contributed by atoms with Crippen LogP contribution in [-0.2, 0) is 4.74 Å². The van der Waals surface area contributed by atoms with Crippen LogP contribution in [0.3, 0.4) is 0 Å². The molecule has 0 aromatic rings. The van der Waals surface area contributed by atoms with Crippen molar-refractivity contribution in [1.29, 1.82) is 0 Å². The van der Waals surface area contributed by atoms with Gasteiger partial charge in [0.1, 0.15) is 5.76 Å². The number of hydrogen-bond donors (Lipinski definition) is 1. The number of hydrogen-bond acceptors (Lipinski definition) is 2. The van der Waals surface area contributed by atoms with Gasteiger partial charge in [-0.1, -0.05) is 24.3 Å². The number of rotatable bonds is 0. The lowest BCUT2D eigenvalue weighted by Gasteiger charge is -1.99. The Bertz CT molecular complexity index is 267. The second-order valence-electron chi connectivity index (χ2n) is 2.79. The standard InChI is InChI=1S/C10H11NO/c1-8-11-9-6-4-2-3-5-7-10(9)12-8/h2-8,11H,1H3/b3-2?,4-2-,5-3-,6-4?,7-5?,9-6?,10-7?. The van der Waals surface area contributed by atoms with Crippen molar-refractivity contribution in [3.63, 3.8) is 0 Å². The maximum atomic E-state index is 5.50. The predicted octanol–water partition coefficient (Wildman–Crippen LogP) is 1.85. The Labute approximate surface area is 71.9 Å². The van der Waals surface area contributed by atoms with Crippen LogP contribution in [0.1, 0.15) is 6.92 Å². The highest BCUT2D eigenvalue weighted by atomic mass is 16.5. The molecule has 1 N–H and O–H groups in total. The van der Waals surface area contributed by atoms with Crippen LogP contribution in [0.4, 0.5) is 0 Å². The Kier molecular flexibility index (Phi) is 1.74. The summed E-state index contributed by atoms with van der Waals surface area (Å²) >= 11 is 0. The van der Waals surface area contributed by atoms with Gasteiger partial charge in [0.15, 0.2) is 6.23 Å². The largest absolute Gasteiger partial charge is 0.469 e. The normalized spacial score (nSPS) is 31.2. The molecule has 0 aromatic heterocycles. The van der Waals surface area contributed by atoms with E-state index in [1.807, 2.05) is 43.4 Å². The number of fused-ring (bicyclic) bond motifs is 1. The van der Waals surface area contributed by atoms with Crippen molar-refractivity contribution in [1.82, 2.24) is 5.32 Å². The molecule has 0 spiro atoms. The molecule has 1 aliphatic heterocycles. The second-order valence-corrected chi connectivity index (χ2v) is 2.79. The van der Waals surface area contributed by atoms with Gasteiger partial charge in [-0.2, -0.15) is 0 Å². The smallest absolute Gasteiger partial charge is 0.167 e. The van der Waals surface area contributed by atoms with Crippen molar-refractivity contribution in [2.45, 2.75) is 13.2 Å². The minimum atomic E-state index is 0.0856. The topological polar surface area (TPSA) is 21.3 Å². The number of allylic oxidation sites excluding steroid dienone is 6. The molecule has 12 heavy (non-hydrogen) atoms. The van der Waals surface area contributed by atoms with E-state index in [9.17, 15) is 0 Å². The van der Waals surface area contributed by atoms with E-state index in [2.05, 4.69) is 5.32 Å². The predicted molar refractivity (Wildman–Crippen MR) is 48.1 cm³/mol. The quantitative estimate of drug-likeness (QED) is 0.585. The molecule has 62 valence electrons. The summed E-state index contributed by atoms with van der Waals surface area (Å²) in [5, 5.41) is 3.21. The summed E-state index contributed by atoms with van der Waals surface area (Å²) in [4.78, 5) is 0. The van der Waals surface area contributed by atoms with E-state index < -0.39 is 0 Å². The first-order valence-corrected chi connectivity index (χ1v) is 4.05. The second kappa shape index (κ2) is 2.89. The Morgan fingerprint density at radius 2 is 1.92 bits per heavy atom. The van der Waals surface area contributed by atoms with E-state index in [0.29, 0.717) is 0 Å². The zero-order chi connectivity index (χ0) is 8.39. The van der Waals surface area contributed by atoms with Gasteiger partial charge in [0.2, 0.25) is 0 Å². The molecule has 1 saturated heterocycles. The van der Waals surface area contributed by atoms with Crippen LogP contribution >= 0.6 is 0 Å². The van der Waals surface area contributed by atoms with Crippen LogP contribution in [0.2, 0.25) is 0 Å². The van der Waals surface area contributed by atoms with Crippen molar-refractivity contribution in [2.24, 2.45) is 0 Å². The summed E-state index contributed by atoms with van der Waals surface area (Å²) in [6.07, 6.45) is 12.0. The molecule has 1 fully saturated rings. The first-order valence-electron chi connectivity index (χ1n) is 4.05. The fourth-order valence-corrected chi connectivity index (χ4v) is 1.26. The molecule has 0 radical (unpaired) electrons. The summed E-state index contributed by atoms with van der Waals surface area (Å²) in [5.41, 5.74) is 1.06. The summed E-state index contributed by atoms with van der Waals surface area (Å²) in [6, 6.07) is 0. The van der Waals surface area contributed by atoms with Crippen LogP contribution in [0.25, 0.3) is 0 Å². The lowest BCUT2D eigenvalue weighted by molar-refractivity contribution is 0.164. The molecular formula is C10H11NO. The third kappa shape index (κ3) is 1.28. The molecule has 0 saturated carbocycles. The molecule has 2 aliphatic rings. The summed E-state index contributed by atoms with van der Waals surface area (Å²) in [7, 11) is 0. The van der Waals surface area contributed by atoms with Crippen molar-refractivity contribution in [3.05, 3.63) is 47.9 Å². The van der Waals surface area contributed by atoms with E-state index in [1.54, 1.807) is 0 Å². The molecule has 2 nitrogen and oxygen atoms in total. The molecule has 0 amide bonds. The van der Waals surface area contributed by atoms with E-state index in [0.717, 1.165) is 11.5 Å². The van der Waals surface area contributed by atoms with Gasteiger partial charge >= 0.3 is 0 Å². The van der Waals surface area contributed by atoms with Gasteiger partial charge < -0.3 is 10.1 Å². The van der Waals surface area contributed by atoms with Gasteiger partial charge in [0, 0.05) is 0 Å². The fourth-order valence-electron chi connectivity index (χ4n) is 1.26. The van der Waals surface area contributed by atoms with Crippen molar-refractivity contribution in [2.75, 3.05) is 0 Å². The monoisotopic (exact) mass is 161 g/mol.